The monoisotopic (exact) mass is 478 g/mol. The second-order valence-corrected chi connectivity index (χ2v) is 10.1. The lowest BCUT2D eigenvalue weighted by Crippen LogP contribution is -2.50. The van der Waals surface area contributed by atoms with E-state index in [-0.39, 0.29) is 43.4 Å². The molecule has 2 aromatic rings. The summed E-state index contributed by atoms with van der Waals surface area (Å²) in [6.07, 6.45) is 0.105. The molecule has 1 aliphatic heterocycles. The van der Waals surface area contributed by atoms with E-state index in [1.165, 1.54) is 0 Å². The standard InChI is InChI=1S/C28H34N2O5/c1-17(2)23(26(31)30-13-12-18(3)24(15-30)27(32)33)14-29-28(34)35-16-25-21-10-6-4-8-19(21)20-9-5-7-11-22(20)25/h4-11,17-18,23-25H,12-16H2,1-3H3,(H,29,34)(H,32,33). The normalized spacial score (nSPS) is 20.2. The Morgan fingerprint density at radius 2 is 1.66 bits per heavy atom. The third kappa shape index (κ3) is 5.19. The molecule has 0 spiro atoms. The highest BCUT2D eigenvalue weighted by Crippen LogP contribution is 2.44. The summed E-state index contributed by atoms with van der Waals surface area (Å²) in [6, 6.07) is 16.3. The van der Waals surface area contributed by atoms with Gasteiger partial charge in [-0.1, -0.05) is 69.3 Å². The molecule has 7 nitrogen and oxygen atoms in total. The lowest BCUT2D eigenvalue weighted by molar-refractivity contribution is -0.149. The summed E-state index contributed by atoms with van der Waals surface area (Å²) in [5.41, 5.74) is 4.62. The highest BCUT2D eigenvalue weighted by molar-refractivity contribution is 5.82. The first-order valence-corrected chi connectivity index (χ1v) is 12.4. The number of carbonyl (C=O) groups excluding carboxylic acids is 2. The van der Waals surface area contributed by atoms with E-state index in [1.54, 1.807) is 4.90 Å². The number of fused-ring (bicyclic) bond motifs is 3. The lowest BCUT2D eigenvalue weighted by Gasteiger charge is -2.37. The molecule has 1 heterocycles. The van der Waals surface area contributed by atoms with E-state index in [2.05, 4.69) is 29.6 Å². The molecule has 0 bridgehead atoms. The molecule has 0 aromatic heterocycles. The van der Waals surface area contributed by atoms with Crippen LogP contribution >= 0.6 is 0 Å². The van der Waals surface area contributed by atoms with Gasteiger partial charge < -0.3 is 20.1 Å². The second kappa shape index (κ2) is 10.5. The average molecular weight is 479 g/mol. The number of ether oxygens (including phenoxy) is 1. The Kier molecular flexibility index (Phi) is 7.43. The Morgan fingerprint density at radius 3 is 2.23 bits per heavy atom. The first-order valence-electron chi connectivity index (χ1n) is 12.4. The first kappa shape index (κ1) is 24.8. The van der Waals surface area contributed by atoms with E-state index < -0.39 is 23.9 Å². The number of benzene rings is 2. The molecule has 35 heavy (non-hydrogen) atoms. The SMILES string of the molecule is CC(C)C(CNC(=O)OCC1c2ccccc2-c2ccccc21)C(=O)N1CCC(C)C(C(=O)O)C1. The van der Waals surface area contributed by atoms with Crippen molar-refractivity contribution in [1.82, 2.24) is 10.2 Å². The number of hydrogen-bond donors (Lipinski definition) is 2. The van der Waals surface area contributed by atoms with E-state index in [1.807, 2.05) is 45.0 Å². The van der Waals surface area contributed by atoms with Crippen LogP contribution in [0.1, 0.15) is 44.2 Å². The minimum atomic E-state index is -0.868. The Balaban J connectivity index is 1.35. The predicted octanol–water partition coefficient (Wildman–Crippen LogP) is 4.37. The predicted molar refractivity (Wildman–Crippen MR) is 133 cm³/mol. The van der Waals surface area contributed by atoms with Crippen LogP contribution in [0.2, 0.25) is 0 Å². The number of alkyl carbamates (subject to hydrolysis) is 1. The fraction of sp³-hybridized carbons (Fsp3) is 0.464. The number of aliphatic carboxylic acids is 1. The molecule has 2 N–H and O–H groups in total. The van der Waals surface area contributed by atoms with Crippen molar-refractivity contribution < 1.29 is 24.2 Å². The van der Waals surface area contributed by atoms with Crippen molar-refractivity contribution in [2.24, 2.45) is 23.7 Å². The van der Waals surface area contributed by atoms with Gasteiger partial charge in [0.15, 0.2) is 0 Å². The zero-order valence-corrected chi connectivity index (χ0v) is 20.6. The van der Waals surface area contributed by atoms with Crippen LogP contribution < -0.4 is 5.32 Å². The molecule has 7 heteroatoms. The van der Waals surface area contributed by atoms with Gasteiger partial charge in [-0.2, -0.15) is 0 Å². The van der Waals surface area contributed by atoms with E-state index in [0.717, 1.165) is 22.3 Å². The van der Waals surface area contributed by atoms with Crippen molar-refractivity contribution in [3.05, 3.63) is 59.7 Å². The molecule has 3 atom stereocenters. The summed E-state index contributed by atoms with van der Waals surface area (Å²) in [5.74, 6) is -2.00. The Labute approximate surface area is 206 Å². The van der Waals surface area contributed by atoms with Gasteiger partial charge in [-0.15, -0.1) is 0 Å². The summed E-state index contributed by atoms with van der Waals surface area (Å²) in [7, 11) is 0. The third-order valence-electron chi connectivity index (χ3n) is 7.52. The van der Waals surface area contributed by atoms with Crippen LogP contribution in [0.25, 0.3) is 11.1 Å². The van der Waals surface area contributed by atoms with Crippen LogP contribution in [0.3, 0.4) is 0 Å². The minimum Gasteiger partial charge on any atom is -0.481 e. The summed E-state index contributed by atoms with van der Waals surface area (Å²) >= 11 is 0. The van der Waals surface area contributed by atoms with Crippen molar-refractivity contribution >= 4 is 18.0 Å². The molecule has 1 aliphatic carbocycles. The maximum Gasteiger partial charge on any atom is 0.407 e. The van der Waals surface area contributed by atoms with Gasteiger partial charge >= 0.3 is 12.1 Å². The Bertz CT molecular complexity index is 1050. The van der Waals surface area contributed by atoms with Gasteiger partial charge in [0.2, 0.25) is 5.91 Å². The van der Waals surface area contributed by atoms with Crippen LogP contribution in [-0.2, 0) is 14.3 Å². The van der Waals surface area contributed by atoms with Crippen molar-refractivity contribution in [2.45, 2.75) is 33.1 Å². The topological polar surface area (TPSA) is 95.9 Å². The number of likely N-dealkylation sites (tertiary alicyclic amines) is 1. The van der Waals surface area contributed by atoms with Crippen LogP contribution in [0.4, 0.5) is 4.79 Å². The van der Waals surface area contributed by atoms with Gasteiger partial charge in [-0.25, -0.2) is 4.79 Å². The van der Waals surface area contributed by atoms with Gasteiger partial charge in [0.05, 0.1) is 11.8 Å². The van der Waals surface area contributed by atoms with Crippen LogP contribution in [0.15, 0.2) is 48.5 Å². The number of carboxylic acid groups (broad SMARTS) is 1. The van der Waals surface area contributed by atoms with Gasteiger partial charge in [-0.3, -0.25) is 9.59 Å². The van der Waals surface area contributed by atoms with E-state index in [4.69, 9.17) is 4.74 Å². The first-order chi connectivity index (χ1) is 16.8. The maximum absolute atomic E-state index is 13.2. The molecule has 2 aliphatic rings. The lowest BCUT2D eigenvalue weighted by atomic mass is 9.85. The molecule has 0 radical (unpaired) electrons. The number of hydrogen-bond acceptors (Lipinski definition) is 4. The zero-order valence-electron chi connectivity index (χ0n) is 20.6. The molecule has 1 fully saturated rings. The number of nitrogens with zero attached hydrogens (tertiary/aromatic N) is 1. The number of rotatable bonds is 7. The minimum absolute atomic E-state index is 0.0148. The largest absolute Gasteiger partial charge is 0.481 e. The fourth-order valence-corrected chi connectivity index (χ4v) is 5.28. The van der Waals surface area contributed by atoms with Crippen LogP contribution in [-0.4, -0.2) is 54.2 Å². The number of piperidine rings is 1. The van der Waals surface area contributed by atoms with Gasteiger partial charge in [0.25, 0.3) is 0 Å². The number of nitrogens with one attached hydrogen (secondary N) is 1. The van der Waals surface area contributed by atoms with Crippen molar-refractivity contribution in [3.8, 4) is 11.1 Å². The van der Waals surface area contributed by atoms with Gasteiger partial charge in [-0.05, 0) is 40.5 Å². The molecule has 2 amide bonds. The molecular formula is C28H34N2O5. The molecule has 186 valence electrons. The van der Waals surface area contributed by atoms with Crippen LogP contribution in [0, 0.1) is 23.7 Å². The Morgan fingerprint density at radius 1 is 1.06 bits per heavy atom. The third-order valence-corrected chi connectivity index (χ3v) is 7.52. The fourth-order valence-electron chi connectivity index (χ4n) is 5.28. The Hall–Kier alpha value is -3.35. The van der Waals surface area contributed by atoms with E-state index in [9.17, 15) is 19.5 Å². The maximum atomic E-state index is 13.2. The molecule has 0 saturated carbocycles. The summed E-state index contributed by atoms with van der Waals surface area (Å²) in [4.78, 5) is 39.0. The number of amides is 2. The highest BCUT2D eigenvalue weighted by Gasteiger charge is 2.36. The van der Waals surface area contributed by atoms with E-state index in [0.29, 0.717) is 13.0 Å². The van der Waals surface area contributed by atoms with Crippen LogP contribution in [0.5, 0.6) is 0 Å². The quantitative estimate of drug-likeness (QED) is 0.616. The molecule has 1 saturated heterocycles. The van der Waals surface area contributed by atoms with Crippen molar-refractivity contribution in [1.29, 1.82) is 0 Å². The van der Waals surface area contributed by atoms with Crippen molar-refractivity contribution in [3.63, 3.8) is 0 Å². The van der Waals surface area contributed by atoms with Gasteiger partial charge in [0.1, 0.15) is 6.61 Å². The highest BCUT2D eigenvalue weighted by atomic mass is 16.5. The summed E-state index contributed by atoms with van der Waals surface area (Å²) in [5, 5.41) is 12.3. The molecule has 4 rings (SSSR count). The summed E-state index contributed by atoms with van der Waals surface area (Å²) < 4.78 is 5.60. The summed E-state index contributed by atoms with van der Waals surface area (Å²) in [6.45, 7) is 6.90. The van der Waals surface area contributed by atoms with E-state index >= 15 is 0 Å². The smallest absolute Gasteiger partial charge is 0.407 e. The molecule has 3 unspecified atom stereocenters. The molecule has 2 aromatic carbocycles. The zero-order chi connectivity index (χ0) is 25.1. The molecular weight excluding hydrogens is 444 g/mol. The van der Waals surface area contributed by atoms with Gasteiger partial charge in [0, 0.05) is 25.6 Å². The van der Waals surface area contributed by atoms with Crippen molar-refractivity contribution in [2.75, 3.05) is 26.2 Å². The number of carbonyl (C=O) groups is 3. The second-order valence-electron chi connectivity index (χ2n) is 10.1. The number of carboxylic acids is 1. The average Bonchev–Trinajstić information content (AvgIpc) is 3.16.